The van der Waals surface area contributed by atoms with E-state index in [1.54, 1.807) is 12.1 Å². The Labute approximate surface area is 147 Å². The molecular weight excluding hydrogens is 319 g/mol. The third-order valence-corrected chi connectivity index (χ3v) is 3.38. The molecule has 25 heavy (non-hydrogen) atoms. The van der Waals surface area contributed by atoms with Crippen molar-refractivity contribution in [2.24, 2.45) is 4.99 Å². The molecule has 3 N–H and O–H groups in total. The van der Waals surface area contributed by atoms with Crippen LogP contribution in [-0.2, 0) is 17.9 Å². The Morgan fingerprint density at radius 2 is 1.84 bits per heavy atom. The lowest BCUT2D eigenvalue weighted by molar-refractivity contribution is -0.114. The minimum atomic E-state index is -0.247. The average Bonchev–Trinajstić information content (AvgIpc) is 2.58. The summed E-state index contributed by atoms with van der Waals surface area (Å²) in [5.41, 5.74) is 2.72. The number of hydrogen-bond donors (Lipinski definition) is 3. The standard InChI is InChI=1S/C19H23FN4O/c1-3-21-19(22-12-15-7-9-17(20)10-8-15)23-13-16-5-4-6-18(11-16)24-14(2)25/h4-11H,3,12-13H2,1-2H3,(H,24,25)(H2,21,22,23). The number of nitrogens with zero attached hydrogens (tertiary/aromatic N) is 1. The number of amides is 1. The van der Waals surface area contributed by atoms with Gasteiger partial charge >= 0.3 is 0 Å². The third kappa shape index (κ3) is 6.63. The van der Waals surface area contributed by atoms with Crippen LogP contribution >= 0.6 is 0 Å². The highest BCUT2D eigenvalue weighted by molar-refractivity contribution is 5.88. The van der Waals surface area contributed by atoms with E-state index >= 15 is 0 Å². The van der Waals surface area contributed by atoms with E-state index in [0.29, 0.717) is 19.0 Å². The molecule has 0 aromatic heterocycles. The molecule has 0 saturated carbocycles. The number of aliphatic imine (C=N–C) groups is 1. The van der Waals surface area contributed by atoms with E-state index in [4.69, 9.17) is 0 Å². The predicted octanol–water partition coefficient (Wildman–Crippen LogP) is 3.04. The van der Waals surface area contributed by atoms with E-state index in [-0.39, 0.29) is 11.7 Å². The fraction of sp³-hybridized carbons (Fsp3) is 0.263. The van der Waals surface area contributed by atoms with Crippen LogP contribution in [0.5, 0.6) is 0 Å². The van der Waals surface area contributed by atoms with Crippen molar-refractivity contribution in [1.29, 1.82) is 0 Å². The van der Waals surface area contributed by atoms with E-state index in [0.717, 1.165) is 23.4 Å². The van der Waals surface area contributed by atoms with Gasteiger partial charge in [-0.15, -0.1) is 0 Å². The summed E-state index contributed by atoms with van der Waals surface area (Å²) in [7, 11) is 0. The van der Waals surface area contributed by atoms with Crippen molar-refractivity contribution in [2.45, 2.75) is 26.9 Å². The maximum Gasteiger partial charge on any atom is 0.221 e. The zero-order chi connectivity index (χ0) is 18.1. The summed E-state index contributed by atoms with van der Waals surface area (Å²) >= 11 is 0. The maximum atomic E-state index is 12.9. The molecule has 2 aromatic carbocycles. The Hall–Kier alpha value is -2.89. The van der Waals surface area contributed by atoms with Crippen LogP contribution in [0.3, 0.4) is 0 Å². The van der Waals surface area contributed by atoms with Gasteiger partial charge in [-0.05, 0) is 42.3 Å². The van der Waals surface area contributed by atoms with Crippen molar-refractivity contribution < 1.29 is 9.18 Å². The fourth-order valence-corrected chi connectivity index (χ4v) is 2.25. The van der Waals surface area contributed by atoms with Gasteiger partial charge < -0.3 is 16.0 Å². The minimum Gasteiger partial charge on any atom is -0.357 e. The monoisotopic (exact) mass is 342 g/mol. The van der Waals surface area contributed by atoms with Crippen LogP contribution in [0.25, 0.3) is 0 Å². The van der Waals surface area contributed by atoms with Crippen LogP contribution in [0.2, 0.25) is 0 Å². The highest BCUT2D eigenvalue weighted by atomic mass is 19.1. The second-order valence-corrected chi connectivity index (χ2v) is 5.56. The predicted molar refractivity (Wildman–Crippen MR) is 98.8 cm³/mol. The summed E-state index contributed by atoms with van der Waals surface area (Å²) in [6.45, 7) is 5.24. The topological polar surface area (TPSA) is 65.5 Å². The molecule has 0 heterocycles. The van der Waals surface area contributed by atoms with Crippen molar-refractivity contribution in [3.05, 3.63) is 65.5 Å². The van der Waals surface area contributed by atoms with Gasteiger partial charge in [-0.1, -0.05) is 24.3 Å². The van der Waals surface area contributed by atoms with E-state index in [1.807, 2.05) is 31.2 Å². The summed E-state index contributed by atoms with van der Waals surface area (Å²) in [6.07, 6.45) is 0. The number of halogens is 1. The largest absolute Gasteiger partial charge is 0.357 e. The number of benzene rings is 2. The van der Waals surface area contributed by atoms with Gasteiger partial charge in [0.2, 0.25) is 5.91 Å². The number of hydrogen-bond acceptors (Lipinski definition) is 2. The van der Waals surface area contributed by atoms with Crippen LogP contribution in [0.15, 0.2) is 53.5 Å². The summed E-state index contributed by atoms with van der Waals surface area (Å²) in [5.74, 6) is 0.329. The van der Waals surface area contributed by atoms with Gasteiger partial charge in [0.25, 0.3) is 0 Å². The summed E-state index contributed by atoms with van der Waals surface area (Å²) in [6, 6.07) is 13.9. The van der Waals surface area contributed by atoms with Gasteiger partial charge in [0.05, 0.1) is 6.54 Å². The SMILES string of the molecule is CCNC(=NCc1cccc(NC(C)=O)c1)NCc1ccc(F)cc1. The van der Waals surface area contributed by atoms with Crippen LogP contribution in [0.4, 0.5) is 10.1 Å². The van der Waals surface area contributed by atoms with E-state index in [9.17, 15) is 9.18 Å². The molecule has 5 nitrogen and oxygen atoms in total. The molecule has 132 valence electrons. The van der Waals surface area contributed by atoms with E-state index in [2.05, 4.69) is 20.9 Å². The molecule has 0 aliphatic carbocycles. The first kappa shape index (κ1) is 18.4. The first-order valence-corrected chi connectivity index (χ1v) is 8.20. The molecule has 0 radical (unpaired) electrons. The van der Waals surface area contributed by atoms with Gasteiger partial charge in [0.1, 0.15) is 5.82 Å². The lowest BCUT2D eigenvalue weighted by Crippen LogP contribution is -2.36. The number of carbonyl (C=O) groups excluding carboxylic acids is 1. The smallest absolute Gasteiger partial charge is 0.221 e. The molecule has 0 bridgehead atoms. The molecule has 0 atom stereocenters. The number of anilines is 1. The molecule has 0 aliphatic heterocycles. The van der Waals surface area contributed by atoms with Crippen LogP contribution in [0, 0.1) is 5.82 Å². The van der Waals surface area contributed by atoms with Crippen molar-refractivity contribution in [3.63, 3.8) is 0 Å². The van der Waals surface area contributed by atoms with Crippen molar-refractivity contribution in [2.75, 3.05) is 11.9 Å². The number of carbonyl (C=O) groups is 1. The van der Waals surface area contributed by atoms with Gasteiger partial charge in [0.15, 0.2) is 5.96 Å². The van der Waals surface area contributed by atoms with Crippen LogP contribution in [0.1, 0.15) is 25.0 Å². The molecule has 0 fully saturated rings. The second-order valence-electron chi connectivity index (χ2n) is 5.56. The maximum absolute atomic E-state index is 12.9. The molecule has 0 spiro atoms. The first-order chi connectivity index (χ1) is 12.1. The summed E-state index contributed by atoms with van der Waals surface area (Å²) < 4.78 is 12.9. The van der Waals surface area contributed by atoms with Crippen LogP contribution in [-0.4, -0.2) is 18.4 Å². The highest BCUT2D eigenvalue weighted by Crippen LogP contribution is 2.11. The normalized spacial score (nSPS) is 11.1. The Balaban J connectivity index is 1.98. The fourth-order valence-electron chi connectivity index (χ4n) is 2.25. The van der Waals surface area contributed by atoms with Crippen LogP contribution < -0.4 is 16.0 Å². The Bertz CT molecular complexity index is 728. The average molecular weight is 342 g/mol. The third-order valence-electron chi connectivity index (χ3n) is 3.38. The second kappa shape index (κ2) is 9.42. The number of nitrogens with one attached hydrogen (secondary N) is 3. The van der Waals surface area contributed by atoms with Gasteiger partial charge in [-0.25, -0.2) is 9.38 Å². The van der Waals surface area contributed by atoms with Gasteiger partial charge in [-0.2, -0.15) is 0 Å². The van der Waals surface area contributed by atoms with Gasteiger partial charge in [-0.3, -0.25) is 4.79 Å². The molecule has 2 rings (SSSR count). The molecular formula is C19H23FN4O. The zero-order valence-electron chi connectivity index (χ0n) is 14.5. The lowest BCUT2D eigenvalue weighted by Gasteiger charge is -2.11. The van der Waals surface area contributed by atoms with Crippen molar-refractivity contribution >= 4 is 17.6 Å². The van der Waals surface area contributed by atoms with E-state index in [1.165, 1.54) is 19.1 Å². The van der Waals surface area contributed by atoms with Crippen molar-refractivity contribution in [3.8, 4) is 0 Å². The summed E-state index contributed by atoms with van der Waals surface area (Å²) in [4.78, 5) is 15.7. The lowest BCUT2D eigenvalue weighted by atomic mass is 10.2. The van der Waals surface area contributed by atoms with Crippen molar-refractivity contribution in [1.82, 2.24) is 10.6 Å². The Morgan fingerprint density at radius 3 is 2.52 bits per heavy atom. The van der Waals surface area contributed by atoms with Gasteiger partial charge in [0, 0.05) is 25.7 Å². The Kier molecular flexibility index (Phi) is 6.95. The zero-order valence-corrected chi connectivity index (χ0v) is 14.5. The molecule has 1 amide bonds. The minimum absolute atomic E-state index is 0.102. The highest BCUT2D eigenvalue weighted by Gasteiger charge is 2.01. The number of guanidine groups is 1. The Morgan fingerprint density at radius 1 is 1.08 bits per heavy atom. The molecule has 0 aliphatic rings. The first-order valence-electron chi connectivity index (χ1n) is 8.20. The molecule has 2 aromatic rings. The molecule has 6 heteroatoms. The molecule has 0 saturated heterocycles. The van der Waals surface area contributed by atoms with E-state index < -0.39 is 0 Å². The summed E-state index contributed by atoms with van der Waals surface area (Å²) in [5, 5.41) is 9.16. The molecule has 0 unspecified atom stereocenters. The number of rotatable bonds is 6. The quantitative estimate of drug-likeness (QED) is 0.558.